The number of aromatic amines is 1. The molecule has 0 fully saturated rings. The minimum absolute atomic E-state index is 0.289. The van der Waals surface area contributed by atoms with Gasteiger partial charge in [0, 0.05) is 0 Å². The zero-order chi connectivity index (χ0) is 11.8. The van der Waals surface area contributed by atoms with Gasteiger partial charge in [-0.2, -0.15) is 0 Å². The molecule has 3 aromatic rings. The molecule has 0 bridgehead atoms. The molecule has 1 heterocycles. The highest BCUT2D eigenvalue weighted by Crippen LogP contribution is 2.15. The molecule has 0 atom stereocenters. The summed E-state index contributed by atoms with van der Waals surface area (Å²) in [5.74, 6) is -0.409. The van der Waals surface area contributed by atoms with E-state index in [9.17, 15) is 9.18 Å². The van der Waals surface area contributed by atoms with E-state index in [4.69, 9.17) is 0 Å². The molecular formula is C13H9FN2O. The van der Waals surface area contributed by atoms with Crippen molar-refractivity contribution >= 4 is 10.9 Å². The minimum Gasteiger partial charge on any atom is -0.267 e. The van der Waals surface area contributed by atoms with Gasteiger partial charge in [0.25, 0.3) is 5.56 Å². The van der Waals surface area contributed by atoms with E-state index < -0.39 is 5.82 Å². The summed E-state index contributed by atoms with van der Waals surface area (Å²) in [6.07, 6.45) is 0. The van der Waals surface area contributed by atoms with Crippen molar-refractivity contribution in [3.63, 3.8) is 0 Å². The van der Waals surface area contributed by atoms with Crippen LogP contribution in [-0.2, 0) is 0 Å². The summed E-state index contributed by atoms with van der Waals surface area (Å²) in [7, 11) is 0. The Hall–Kier alpha value is -2.36. The Morgan fingerprint density at radius 1 is 1.06 bits per heavy atom. The highest BCUT2D eigenvalue weighted by atomic mass is 19.1. The van der Waals surface area contributed by atoms with Crippen molar-refractivity contribution < 1.29 is 4.39 Å². The van der Waals surface area contributed by atoms with Crippen molar-refractivity contribution in [3.8, 4) is 5.69 Å². The summed E-state index contributed by atoms with van der Waals surface area (Å²) in [5.41, 5.74) is 1.22. The van der Waals surface area contributed by atoms with Gasteiger partial charge in [0.15, 0.2) is 0 Å². The van der Waals surface area contributed by atoms with Crippen LogP contribution < -0.4 is 5.56 Å². The molecule has 3 rings (SSSR count). The van der Waals surface area contributed by atoms with Crippen LogP contribution in [-0.4, -0.2) is 9.78 Å². The second kappa shape index (κ2) is 3.59. The van der Waals surface area contributed by atoms with Crippen LogP contribution in [0.3, 0.4) is 0 Å². The molecule has 0 unspecified atom stereocenters. The molecule has 1 aromatic heterocycles. The summed E-state index contributed by atoms with van der Waals surface area (Å²) in [5, 5.41) is 3.05. The summed E-state index contributed by atoms with van der Waals surface area (Å²) < 4.78 is 14.7. The Morgan fingerprint density at radius 3 is 2.59 bits per heavy atom. The van der Waals surface area contributed by atoms with Gasteiger partial charge in [0.2, 0.25) is 0 Å². The molecule has 84 valence electrons. The summed E-state index contributed by atoms with van der Waals surface area (Å²) in [4.78, 5) is 11.7. The van der Waals surface area contributed by atoms with E-state index in [2.05, 4.69) is 5.10 Å². The molecule has 0 aliphatic carbocycles. The van der Waals surface area contributed by atoms with Gasteiger partial charge in [-0.15, -0.1) is 0 Å². The fourth-order valence-electron chi connectivity index (χ4n) is 1.89. The van der Waals surface area contributed by atoms with E-state index in [1.807, 2.05) is 30.3 Å². The number of benzene rings is 2. The number of nitrogens with zero attached hydrogens (tertiary/aromatic N) is 1. The van der Waals surface area contributed by atoms with Gasteiger partial charge >= 0.3 is 0 Å². The lowest BCUT2D eigenvalue weighted by atomic mass is 10.2. The van der Waals surface area contributed by atoms with Gasteiger partial charge in [-0.1, -0.05) is 18.2 Å². The molecule has 4 heteroatoms. The Labute approximate surface area is 96.1 Å². The van der Waals surface area contributed by atoms with E-state index in [0.29, 0.717) is 10.9 Å². The predicted molar refractivity (Wildman–Crippen MR) is 63.9 cm³/mol. The number of hydrogen-bond acceptors (Lipinski definition) is 1. The van der Waals surface area contributed by atoms with Crippen LogP contribution in [0.25, 0.3) is 16.6 Å². The molecule has 0 amide bonds. The Morgan fingerprint density at radius 2 is 1.82 bits per heavy atom. The van der Waals surface area contributed by atoms with E-state index in [0.717, 1.165) is 5.69 Å². The molecule has 0 aliphatic heterocycles. The highest BCUT2D eigenvalue weighted by molar-refractivity contribution is 5.80. The lowest BCUT2D eigenvalue weighted by Crippen LogP contribution is -2.03. The minimum atomic E-state index is -0.409. The lowest BCUT2D eigenvalue weighted by molar-refractivity contribution is 0.629. The maximum absolute atomic E-state index is 13.1. The van der Waals surface area contributed by atoms with Gasteiger partial charge in [-0.05, 0) is 30.3 Å². The maximum Gasteiger partial charge on any atom is 0.272 e. The van der Waals surface area contributed by atoms with E-state index in [-0.39, 0.29) is 5.56 Å². The summed E-state index contributed by atoms with van der Waals surface area (Å²) in [6.45, 7) is 0. The molecule has 0 spiro atoms. The lowest BCUT2D eigenvalue weighted by Gasteiger charge is -2.03. The van der Waals surface area contributed by atoms with Gasteiger partial charge in [0.1, 0.15) is 5.82 Å². The number of aromatic nitrogens is 2. The second-order valence-corrected chi connectivity index (χ2v) is 3.77. The average Bonchev–Trinajstić information content (AvgIpc) is 2.68. The first kappa shape index (κ1) is 9.84. The molecule has 0 aliphatic rings. The molecule has 1 N–H and O–H groups in total. The first-order valence-electron chi connectivity index (χ1n) is 5.21. The quantitative estimate of drug-likeness (QED) is 0.682. The first-order valence-corrected chi connectivity index (χ1v) is 5.21. The van der Waals surface area contributed by atoms with Crippen LogP contribution in [0.2, 0.25) is 0 Å². The van der Waals surface area contributed by atoms with Gasteiger partial charge in [-0.3, -0.25) is 14.6 Å². The second-order valence-electron chi connectivity index (χ2n) is 3.77. The van der Waals surface area contributed by atoms with Gasteiger partial charge in [0.05, 0.1) is 16.6 Å². The predicted octanol–water partition coefficient (Wildman–Crippen LogP) is 2.46. The van der Waals surface area contributed by atoms with Crippen molar-refractivity contribution in [1.82, 2.24) is 9.78 Å². The van der Waals surface area contributed by atoms with Crippen molar-refractivity contribution in [1.29, 1.82) is 0 Å². The third kappa shape index (κ3) is 1.54. The molecule has 2 aromatic carbocycles. The molecule has 0 saturated heterocycles. The topological polar surface area (TPSA) is 37.8 Å². The Bertz CT molecular complexity index is 728. The number of H-pyrrole nitrogens is 1. The van der Waals surface area contributed by atoms with Crippen LogP contribution in [0, 0.1) is 5.82 Å². The zero-order valence-corrected chi connectivity index (χ0v) is 8.85. The first-order chi connectivity index (χ1) is 8.25. The van der Waals surface area contributed by atoms with Crippen molar-refractivity contribution in [2.24, 2.45) is 0 Å². The smallest absolute Gasteiger partial charge is 0.267 e. The summed E-state index contributed by atoms with van der Waals surface area (Å²) >= 11 is 0. The number of halogens is 1. The number of nitrogens with one attached hydrogen (secondary N) is 1. The number of fused-ring (bicyclic) bond motifs is 1. The van der Waals surface area contributed by atoms with E-state index >= 15 is 0 Å². The monoisotopic (exact) mass is 228 g/mol. The van der Waals surface area contributed by atoms with Crippen LogP contribution >= 0.6 is 0 Å². The SMILES string of the molecule is O=c1[nH]n(-c2ccccc2)c2ccc(F)cc12. The standard InChI is InChI=1S/C13H9FN2O/c14-9-6-7-12-11(8-9)13(17)15-16(12)10-4-2-1-3-5-10/h1-8H,(H,15,17). The molecule has 3 nitrogen and oxygen atoms in total. The van der Waals surface area contributed by atoms with Gasteiger partial charge in [-0.25, -0.2) is 4.39 Å². The van der Waals surface area contributed by atoms with Crippen molar-refractivity contribution in [2.75, 3.05) is 0 Å². The van der Waals surface area contributed by atoms with E-state index in [1.54, 1.807) is 10.7 Å². The normalized spacial score (nSPS) is 10.9. The van der Waals surface area contributed by atoms with Crippen molar-refractivity contribution in [2.45, 2.75) is 0 Å². The third-order valence-electron chi connectivity index (χ3n) is 2.67. The molecule has 0 radical (unpaired) electrons. The maximum atomic E-state index is 13.1. The average molecular weight is 228 g/mol. The number of rotatable bonds is 1. The zero-order valence-electron chi connectivity index (χ0n) is 8.85. The van der Waals surface area contributed by atoms with Crippen LogP contribution in [0.15, 0.2) is 53.3 Å². The Balaban J connectivity index is 2.36. The van der Waals surface area contributed by atoms with E-state index in [1.165, 1.54) is 12.1 Å². The van der Waals surface area contributed by atoms with Crippen molar-refractivity contribution in [3.05, 3.63) is 64.7 Å². The summed E-state index contributed by atoms with van der Waals surface area (Å²) in [6, 6.07) is 13.6. The number of para-hydroxylation sites is 1. The van der Waals surface area contributed by atoms with Crippen LogP contribution in [0.4, 0.5) is 4.39 Å². The largest absolute Gasteiger partial charge is 0.272 e. The molecule has 17 heavy (non-hydrogen) atoms. The highest BCUT2D eigenvalue weighted by Gasteiger charge is 2.08. The fraction of sp³-hybridized carbons (Fsp3) is 0. The van der Waals surface area contributed by atoms with Crippen LogP contribution in [0.1, 0.15) is 0 Å². The third-order valence-corrected chi connectivity index (χ3v) is 2.67. The fourth-order valence-corrected chi connectivity index (χ4v) is 1.89. The Kier molecular flexibility index (Phi) is 2.08. The molecule has 0 saturated carbocycles. The molecular weight excluding hydrogens is 219 g/mol. The van der Waals surface area contributed by atoms with Crippen LogP contribution in [0.5, 0.6) is 0 Å². The van der Waals surface area contributed by atoms with Gasteiger partial charge < -0.3 is 0 Å². The number of hydrogen-bond donors (Lipinski definition) is 1.